The molecule has 0 radical (unpaired) electrons. The van der Waals surface area contributed by atoms with Gasteiger partial charge in [0.2, 0.25) is 0 Å². The highest BCUT2D eigenvalue weighted by atomic mass is 79.9. The number of benzene rings is 2. The average Bonchev–Trinajstić information content (AvgIpc) is 2.43. The summed E-state index contributed by atoms with van der Waals surface area (Å²) in [6.45, 7) is 3.83. The Kier molecular flexibility index (Phi) is 4.53. The van der Waals surface area contributed by atoms with E-state index in [9.17, 15) is 9.90 Å². The molecule has 2 aromatic rings. The molecule has 0 aliphatic rings. The highest BCUT2D eigenvalue weighted by Crippen LogP contribution is 2.26. The fourth-order valence-electron chi connectivity index (χ4n) is 2.14. The molecule has 0 saturated carbocycles. The van der Waals surface area contributed by atoms with Crippen LogP contribution in [0.3, 0.4) is 0 Å². The van der Waals surface area contributed by atoms with Gasteiger partial charge in [0.15, 0.2) is 0 Å². The second-order valence-electron chi connectivity index (χ2n) is 4.98. The van der Waals surface area contributed by atoms with Crippen molar-refractivity contribution in [2.75, 3.05) is 11.1 Å². The molecule has 0 aliphatic carbocycles. The number of carboxylic acids is 1. The molecule has 0 aromatic heterocycles. The summed E-state index contributed by atoms with van der Waals surface area (Å²) in [6.07, 6.45) is 0. The van der Waals surface area contributed by atoms with Crippen molar-refractivity contribution in [3.05, 3.63) is 57.6 Å². The van der Waals surface area contributed by atoms with E-state index in [1.807, 2.05) is 37.3 Å². The van der Waals surface area contributed by atoms with Crippen LogP contribution in [0.4, 0.5) is 11.4 Å². The van der Waals surface area contributed by atoms with Crippen molar-refractivity contribution in [1.29, 1.82) is 0 Å². The van der Waals surface area contributed by atoms with Crippen molar-refractivity contribution in [1.82, 2.24) is 0 Å². The van der Waals surface area contributed by atoms with E-state index in [2.05, 4.69) is 21.2 Å². The lowest BCUT2D eigenvalue weighted by molar-refractivity contribution is 0.0698. The molecule has 110 valence electrons. The fourth-order valence-corrected chi connectivity index (χ4v) is 2.41. The lowest BCUT2D eigenvalue weighted by atomic mass is 10.0. The fraction of sp³-hybridized carbons (Fsp3) is 0.188. The zero-order chi connectivity index (χ0) is 15.6. The van der Waals surface area contributed by atoms with E-state index in [1.165, 1.54) is 0 Å². The van der Waals surface area contributed by atoms with Crippen LogP contribution in [0.15, 0.2) is 40.9 Å². The van der Waals surface area contributed by atoms with Crippen molar-refractivity contribution >= 4 is 33.3 Å². The number of aryl methyl sites for hydroxylation is 1. The number of aromatic carboxylic acids is 1. The normalized spacial score (nSPS) is 12.0. The lowest BCUT2D eigenvalue weighted by Crippen LogP contribution is -2.10. The van der Waals surface area contributed by atoms with Gasteiger partial charge in [0, 0.05) is 21.9 Å². The maximum Gasteiger partial charge on any atom is 0.337 e. The number of nitrogens with one attached hydrogen (secondary N) is 1. The van der Waals surface area contributed by atoms with E-state index in [0.29, 0.717) is 5.69 Å². The molecule has 4 nitrogen and oxygen atoms in total. The molecule has 1 atom stereocenters. The molecule has 0 amide bonds. The Morgan fingerprint density at radius 3 is 2.48 bits per heavy atom. The summed E-state index contributed by atoms with van der Waals surface area (Å²) in [4.78, 5) is 11.2. The molecule has 2 rings (SSSR count). The Bertz CT molecular complexity index is 669. The quantitative estimate of drug-likeness (QED) is 0.723. The van der Waals surface area contributed by atoms with Gasteiger partial charge in [-0.25, -0.2) is 4.79 Å². The first-order chi connectivity index (χ1) is 9.88. The van der Waals surface area contributed by atoms with Crippen molar-refractivity contribution in [3.63, 3.8) is 0 Å². The number of hydrogen-bond acceptors (Lipinski definition) is 3. The summed E-state index contributed by atoms with van der Waals surface area (Å²) in [6, 6.07) is 11.5. The number of halogens is 1. The molecular formula is C16H17BrN2O2. The third-order valence-electron chi connectivity index (χ3n) is 3.37. The Morgan fingerprint density at radius 1 is 1.29 bits per heavy atom. The Hall–Kier alpha value is -2.01. The third-order valence-corrected chi connectivity index (χ3v) is 3.90. The Morgan fingerprint density at radius 2 is 1.90 bits per heavy atom. The molecule has 0 fully saturated rings. The molecule has 2 aromatic carbocycles. The minimum atomic E-state index is -1.02. The standard InChI is InChI=1S/C16H17BrN2O2/c1-9-7-13(8-14(15(9)18)16(20)21)19-10(2)11-3-5-12(17)6-4-11/h3-8,10,19H,18H2,1-2H3,(H,20,21). The number of nitrogen functional groups attached to an aromatic ring is 1. The number of hydrogen-bond donors (Lipinski definition) is 3. The van der Waals surface area contributed by atoms with Gasteiger partial charge in [-0.15, -0.1) is 0 Å². The molecule has 4 N–H and O–H groups in total. The predicted molar refractivity (Wildman–Crippen MR) is 88.7 cm³/mol. The minimum absolute atomic E-state index is 0.0581. The van der Waals surface area contributed by atoms with Gasteiger partial charge in [-0.2, -0.15) is 0 Å². The van der Waals surface area contributed by atoms with Crippen LogP contribution in [0, 0.1) is 6.92 Å². The smallest absolute Gasteiger partial charge is 0.337 e. The summed E-state index contributed by atoms with van der Waals surface area (Å²) in [7, 11) is 0. The van der Waals surface area contributed by atoms with Crippen LogP contribution in [0.1, 0.15) is 34.5 Å². The van der Waals surface area contributed by atoms with E-state index in [4.69, 9.17) is 5.73 Å². The zero-order valence-electron chi connectivity index (χ0n) is 11.9. The monoisotopic (exact) mass is 348 g/mol. The molecule has 1 unspecified atom stereocenters. The number of carbonyl (C=O) groups is 1. The van der Waals surface area contributed by atoms with Crippen LogP contribution in [0.5, 0.6) is 0 Å². The van der Waals surface area contributed by atoms with Gasteiger partial charge in [-0.3, -0.25) is 0 Å². The van der Waals surface area contributed by atoms with E-state index >= 15 is 0 Å². The first kappa shape index (κ1) is 15.4. The van der Waals surface area contributed by atoms with Crippen molar-refractivity contribution < 1.29 is 9.90 Å². The molecule has 0 spiro atoms. The van der Waals surface area contributed by atoms with Gasteiger partial charge in [-0.05, 0) is 49.2 Å². The summed E-state index contributed by atoms with van der Waals surface area (Å²) in [5.41, 5.74) is 8.84. The lowest BCUT2D eigenvalue weighted by Gasteiger charge is -2.17. The minimum Gasteiger partial charge on any atom is -0.478 e. The second-order valence-corrected chi connectivity index (χ2v) is 5.89. The number of carboxylic acid groups (broad SMARTS) is 1. The van der Waals surface area contributed by atoms with E-state index in [0.717, 1.165) is 21.3 Å². The number of rotatable bonds is 4. The summed E-state index contributed by atoms with van der Waals surface area (Å²) < 4.78 is 1.02. The topological polar surface area (TPSA) is 75.3 Å². The SMILES string of the molecule is Cc1cc(NC(C)c2ccc(Br)cc2)cc(C(=O)O)c1N. The predicted octanol–water partition coefficient (Wildman–Crippen LogP) is 4.21. The van der Waals surface area contributed by atoms with Crippen LogP contribution >= 0.6 is 15.9 Å². The highest BCUT2D eigenvalue weighted by Gasteiger charge is 2.13. The summed E-state index contributed by atoms with van der Waals surface area (Å²) >= 11 is 3.40. The molecule has 21 heavy (non-hydrogen) atoms. The van der Waals surface area contributed by atoms with Gasteiger partial charge >= 0.3 is 5.97 Å². The van der Waals surface area contributed by atoms with E-state index < -0.39 is 5.97 Å². The van der Waals surface area contributed by atoms with Gasteiger partial charge in [0.25, 0.3) is 0 Å². The van der Waals surface area contributed by atoms with Crippen LogP contribution < -0.4 is 11.1 Å². The van der Waals surface area contributed by atoms with Gasteiger partial charge < -0.3 is 16.2 Å². The highest BCUT2D eigenvalue weighted by molar-refractivity contribution is 9.10. The molecule has 0 aliphatic heterocycles. The Labute approximate surface area is 132 Å². The first-order valence-corrected chi connectivity index (χ1v) is 7.33. The van der Waals surface area contributed by atoms with Crippen molar-refractivity contribution in [2.45, 2.75) is 19.9 Å². The molecule has 5 heteroatoms. The Balaban J connectivity index is 2.27. The van der Waals surface area contributed by atoms with Crippen LogP contribution in [0.25, 0.3) is 0 Å². The summed E-state index contributed by atoms with van der Waals surface area (Å²) in [5, 5.41) is 12.5. The molecule has 0 saturated heterocycles. The van der Waals surface area contributed by atoms with Gasteiger partial charge in [-0.1, -0.05) is 28.1 Å². The number of nitrogens with two attached hydrogens (primary N) is 1. The van der Waals surface area contributed by atoms with Gasteiger partial charge in [0.1, 0.15) is 0 Å². The van der Waals surface area contributed by atoms with Crippen molar-refractivity contribution in [2.24, 2.45) is 0 Å². The van der Waals surface area contributed by atoms with E-state index in [1.54, 1.807) is 13.0 Å². The zero-order valence-corrected chi connectivity index (χ0v) is 13.4. The molecule has 0 bridgehead atoms. The van der Waals surface area contributed by atoms with Crippen molar-refractivity contribution in [3.8, 4) is 0 Å². The van der Waals surface area contributed by atoms with E-state index in [-0.39, 0.29) is 11.6 Å². The maximum atomic E-state index is 11.2. The third kappa shape index (κ3) is 3.55. The van der Waals surface area contributed by atoms with Gasteiger partial charge in [0.05, 0.1) is 5.56 Å². The van der Waals surface area contributed by atoms with Crippen LogP contribution in [-0.4, -0.2) is 11.1 Å². The van der Waals surface area contributed by atoms with Crippen LogP contribution in [-0.2, 0) is 0 Å². The molecular weight excluding hydrogens is 332 g/mol. The first-order valence-electron chi connectivity index (χ1n) is 6.54. The average molecular weight is 349 g/mol. The second kappa shape index (κ2) is 6.18. The largest absolute Gasteiger partial charge is 0.478 e. The number of anilines is 2. The maximum absolute atomic E-state index is 11.2. The van der Waals surface area contributed by atoms with Crippen LogP contribution in [0.2, 0.25) is 0 Å². The summed E-state index contributed by atoms with van der Waals surface area (Å²) in [5.74, 6) is -1.02. The molecule has 0 heterocycles.